The molecule has 0 saturated heterocycles. The van der Waals surface area contributed by atoms with Gasteiger partial charge in [0.1, 0.15) is 17.1 Å². The van der Waals surface area contributed by atoms with Crippen LogP contribution in [-0.4, -0.2) is 16.6 Å². The van der Waals surface area contributed by atoms with Crippen LogP contribution < -0.4 is 10.5 Å². The molecular formula is C11H15NO3. The highest BCUT2D eigenvalue weighted by Crippen LogP contribution is 2.27. The number of carbonyl (C=O) groups excluding carboxylic acids is 1. The van der Waals surface area contributed by atoms with Crippen LogP contribution in [-0.2, 0) is 0 Å². The Morgan fingerprint density at radius 1 is 1.40 bits per heavy atom. The first kappa shape index (κ1) is 11.4. The van der Waals surface area contributed by atoms with Crippen molar-refractivity contribution in [3.63, 3.8) is 0 Å². The Morgan fingerprint density at radius 3 is 2.47 bits per heavy atom. The van der Waals surface area contributed by atoms with Crippen LogP contribution in [0, 0.1) is 0 Å². The fourth-order valence-corrected chi connectivity index (χ4v) is 1.13. The molecule has 0 aromatic heterocycles. The number of nitrogens with two attached hydrogens (primary N) is 1. The number of ether oxygens (including phenoxy) is 1. The zero-order valence-electron chi connectivity index (χ0n) is 9.07. The molecule has 1 aromatic rings. The maximum atomic E-state index is 11.1. The van der Waals surface area contributed by atoms with Crippen molar-refractivity contribution in [3.05, 3.63) is 23.8 Å². The Balaban J connectivity index is 3.13. The molecule has 0 atom stereocenters. The predicted octanol–water partition coefficient (Wildman–Crippen LogP) is 1.67. The van der Waals surface area contributed by atoms with Crippen LogP contribution in [0.4, 0.5) is 0 Å². The van der Waals surface area contributed by atoms with E-state index in [2.05, 4.69) is 0 Å². The number of rotatable bonds is 2. The lowest BCUT2D eigenvalue weighted by atomic mass is 10.1. The molecule has 0 aliphatic carbocycles. The topological polar surface area (TPSA) is 72.6 Å². The van der Waals surface area contributed by atoms with Crippen molar-refractivity contribution in [2.75, 3.05) is 0 Å². The molecule has 0 bridgehead atoms. The first-order valence-corrected chi connectivity index (χ1v) is 4.61. The summed E-state index contributed by atoms with van der Waals surface area (Å²) in [5.74, 6) is -0.233. The number of amides is 1. The van der Waals surface area contributed by atoms with E-state index in [9.17, 15) is 9.90 Å². The van der Waals surface area contributed by atoms with Crippen LogP contribution in [0.1, 0.15) is 31.1 Å². The zero-order chi connectivity index (χ0) is 11.6. The Labute approximate surface area is 88.7 Å². The van der Waals surface area contributed by atoms with E-state index in [1.165, 1.54) is 18.2 Å². The summed E-state index contributed by atoms with van der Waals surface area (Å²) in [4.78, 5) is 11.1. The van der Waals surface area contributed by atoms with Gasteiger partial charge in [0.25, 0.3) is 5.91 Å². The number of hydrogen-bond donors (Lipinski definition) is 2. The van der Waals surface area contributed by atoms with E-state index in [-0.39, 0.29) is 11.3 Å². The van der Waals surface area contributed by atoms with Crippen molar-refractivity contribution in [3.8, 4) is 11.5 Å². The normalized spacial score (nSPS) is 11.1. The maximum absolute atomic E-state index is 11.1. The monoisotopic (exact) mass is 209 g/mol. The van der Waals surface area contributed by atoms with Gasteiger partial charge in [-0.25, -0.2) is 0 Å². The molecule has 0 aliphatic heterocycles. The number of carbonyl (C=O) groups is 1. The van der Waals surface area contributed by atoms with E-state index < -0.39 is 11.5 Å². The molecular weight excluding hydrogens is 194 g/mol. The average molecular weight is 209 g/mol. The molecule has 15 heavy (non-hydrogen) atoms. The summed E-state index contributed by atoms with van der Waals surface area (Å²) in [7, 11) is 0. The van der Waals surface area contributed by atoms with Gasteiger partial charge in [-0.3, -0.25) is 4.79 Å². The summed E-state index contributed by atoms with van der Waals surface area (Å²) in [6, 6.07) is 4.22. The number of phenolic OH excluding ortho intramolecular Hbond substituents is 1. The first-order chi connectivity index (χ1) is 6.79. The predicted molar refractivity (Wildman–Crippen MR) is 57.0 cm³/mol. The molecule has 0 aliphatic rings. The van der Waals surface area contributed by atoms with Crippen molar-refractivity contribution in [2.24, 2.45) is 5.73 Å². The third kappa shape index (κ3) is 3.16. The highest BCUT2D eigenvalue weighted by Gasteiger charge is 2.17. The third-order valence-electron chi connectivity index (χ3n) is 1.65. The fraction of sp³-hybridized carbons (Fsp3) is 0.364. The molecule has 0 spiro atoms. The van der Waals surface area contributed by atoms with Crippen LogP contribution in [0.3, 0.4) is 0 Å². The van der Waals surface area contributed by atoms with Crippen molar-refractivity contribution in [1.82, 2.24) is 0 Å². The number of phenols is 1. The van der Waals surface area contributed by atoms with Gasteiger partial charge < -0.3 is 15.6 Å². The summed E-state index contributed by atoms with van der Waals surface area (Å²) >= 11 is 0. The molecule has 0 heterocycles. The Bertz CT molecular complexity index is 380. The molecule has 0 saturated carbocycles. The molecule has 1 aromatic carbocycles. The van der Waals surface area contributed by atoms with Crippen molar-refractivity contribution in [1.29, 1.82) is 0 Å². The molecule has 0 unspecified atom stereocenters. The standard InChI is InChI=1S/C11H15NO3/c1-11(2,3)15-9-6-7(13)4-5-8(9)10(12)14/h4-6,13H,1-3H3,(H2,12,14). The minimum atomic E-state index is -0.575. The van der Waals surface area contributed by atoms with Gasteiger partial charge in [-0.2, -0.15) is 0 Å². The largest absolute Gasteiger partial charge is 0.508 e. The minimum Gasteiger partial charge on any atom is -0.508 e. The van der Waals surface area contributed by atoms with Crippen LogP contribution in [0.5, 0.6) is 11.5 Å². The number of aromatic hydroxyl groups is 1. The van der Waals surface area contributed by atoms with Gasteiger partial charge in [-0.05, 0) is 32.9 Å². The minimum absolute atomic E-state index is 0.0410. The lowest BCUT2D eigenvalue weighted by Gasteiger charge is -2.22. The molecule has 4 heteroatoms. The van der Waals surface area contributed by atoms with Crippen molar-refractivity contribution >= 4 is 5.91 Å². The van der Waals surface area contributed by atoms with Crippen LogP contribution in [0.15, 0.2) is 18.2 Å². The van der Waals surface area contributed by atoms with E-state index in [0.717, 1.165) is 0 Å². The SMILES string of the molecule is CC(C)(C)Oc1cc(O)ccc1C(N)=O. The quantitative estimate of drug-likeness (QED) is 0.778. The van der Waals surface area contributed by atoms with Gasteiger partial charge >= 0.3 is 0 Å². The van der Waals surface area contributed by atoms with E-state index in [1.54, 1.807) is 0 Å². The average Bonchev–Trinajstić information content (AvgIpc) is 1.99. The smallest absolute Gasteiger partial charge is 0.252 e. The van der Waals surface area contributed by atoms with Crippen molar-refractivity contribution < 1.29 is 14.6 Å². The van der Waals surface area contributed by atoms with Gasteiger partial charge in [0.15, 0.2) is 0 Å². The number of hydrogen-bond acceptors (Lipinski definition) is 3. The fourth-order valence-electron chi connectivity index (χ4n) is 1.13. The summed E-state index contributed by atoms with van der Waals surface area (Å²) in [5, 5.41) is 9.28. The number of primary amides is 1. The molecule has 1 rings (SSSR count). The first-order valence-electron chi connectivity index (χ1n) is 4.61. The van der Waals surface area contributed by atoms with Gasteiger partial charge in [-0.1, -0.05) is 0 Å². The van der Waals surface area contributed by atoms with E-state index >= 15 is 0 Å². The van der Waals surface area contributed by atoms with Gasteiger partial charge in [0.2, 0.25) is 0 Å². The highest BCUT2D eigenvalue weighted by molar-refractivity contribution is 5.95. The zero-order valence-corrected chi connectivity index (χ0v) is 9.07. The van der Waals surface area contributed by atoms with E-state index in [0.29, 0.717) is 5.75 Å². The summed E-state index contributed by atoms with van der Waals surface area (Å²) in [6.45, 7) is 5.55. The summed E-state index contributed by atoms with van der Waals surface area (Å²) in [6.07, 6.45) is 0. The van der Waals surface area contributed by atoms with Crippen LogP contribution in [0.2, 0.25) is 0 Å². The maximum Gasteiger partial charge on any atom is 0.252 e. The second-order valence-corrected chi connectivity index (χ2v) is 4.26. The molecule has 0 fully saturated rings. The van der Waals surface area contributed by atoms with E-state index in [4.69, 9.17) is 10.5 Å². The van der Waals surface area contributed by atoms with Gasteiger partial charge in [0.05, 0.1) is 5.56 Å². The third-order valence-corrected chi connectivity index (χ3v) is 1.65. The Morgan fingerprint density at radius 2 is 2.00 bits per heavy atom. The van der Waals surface area contributed by atoms with Crippen LogP contribution >= 0.6 is 0 Å². The second-order valence-electron chi connectivity index (χ2n) is 4.26. The Hall–Kier alpha value is -1.71. The van der Waals surface area contributed by atoms with E-state index in [1.807, 2.05) is 20.8 Å². The highest BCUT2D eigenvalue weighted by atomic mass is 16.5. The lowest BCUT2D eigenvalue weighted by Crippen LogP contribution is -2.25. The van der Waals surface area contributed by atoms with Crippen LogP contribution in [0.25, 0.3) is 0 Å². The van der Waals surface area contributed by atoms with Crippen molar-refractivity contribution in [2.45, 2.75) is 26.4 Å². The molecule has 82 valence electrons. The molecule has 3 N–H and O–H groups in total. The molecule has 1 amide bonds. The molecule has 0 radical (unpaired) electrons. The lowest BCUT2D eigenvalue weighted by molar-refractivity contribution is 0.0978. The second kappa shape index (κ2) is 3.81. The molecule has 4 nitrogen and oxygen atoms in total. The summed E-state index contributed by atoms with van der Waals surface area (Å²) < 4.78 is 5.51. The Kier molecular flexibility index (Phi) is 2.88. The number of benzene rings is 1. The summed E-state index contributed by atoms with van der Waals surface area (Å²) in [5.41, 5.74) is 5.00. The van der Waals surface area contributed by atoms with Gasteiger partial charge in [-0.15, -0.1) is 0 Å². The van der Waals surface area contributed by atoms with Gasteiger partial charge in [0, 0.05) is 6.07 Å².